The van der Waals surface area contributed by atoms with E-state index in [-0.39, 0.29) is 17.7 Å². The minimum atomic E-state index is -4.82. The number of hydrogen-bond acceptors (Lipinski definition) is 2. The zero-order valence-corrected chi connectivity index (χ0v) is 9.17. The second-order valence-corrected chi connectivity index (χ2v) is 3.34. The van der Waals surface area contributed by atoms with Gasteiger partial charge >= 0.3 is 6.18 Å². The van der Waals surface area contributed by atoms with Gasteiger partial charge in [-0.05, 0) is 17.2 Å². The minimum absolute atomic E-state index is 0.0152. The Morgan fingerprint density at radius 2 is 2.06 bits per heavy atom. The maximum Gasteiger partial charge on any atom is 0.419 e. The third kappa shape index (κ3) is 3.03. The van der Waals surface area contributed by atoms with E-state index in [4.69, 9.17) is 0 Å². The average molecular weight is 259 g/mol. The van der Waals surface area contributed by atoms with Crippen LogP contribution in [0.2, 0.25) is 0 Å². The van der Waals surface area contributed by atoms with Crippen molar-refractivity contribution in [3.63, 3.8) is 0 Å². The molecule has 0 N–H and O–H groups in total. The first-order valence-electron chi connectivity index (χ1n) is 4.89. The second-order valence-electron chi connectivity index (χ2n) is 3.34. The number of nitrogens with zero attached hydrogens (tertiary/aromatic N) is 1. The Morgan fingerprint density at radius 1 is 1.39 bits per heavy atom. The smallest absolute Gasteiger partial charge is 0.206 e. The zero-order valence-electron chi connectivity index (χ0n) is 9.17. The number of rotatable bonds is 4. The predicted octanol–water partition coefficient (Wildman–Crippen LogP) is 4.18. The van der Waals surface area contributed by atoms with Crippen LogP contribution >= 0.6 is 0 Å². The van der Waals surface area contributed by atoms with Gasteiger partial charge < -0.3 is 0 Å². The molecule has 0 spiro atoms. The lowest BCUT2D eigenvalue weighted by molar-refractivity contribution is -0.140. The second kappa shape index (κ2) is 5.57. The van der Waals surface area contributed by atoms with Gasteiger partial charge in [-0.2, -0.15) is 18.1 Å². The monoisotopic (exact) mass is 259 g/mol. The molecule has 18 heavy (non-hydrogen) atoms. The lowest BCUT2D eigenvalue weighted by Crippen LogP contribution is -2.11. The summed E-state index contributed by atoms with van der Waals surface area (Å²) in [5.74, 6) is -1.37. The van der Waals surface area contributed by atoms with E-state index in [0.29, 0.717) is 0 Å². The Balaban J connectivity index is 3.44. The van der Waals surface area contributed by atoms with E-state index < -0.39 is 17.6 Å². The molecule has 0 atom stereocenters. The molecule has 96 valence electrons. The first-order chi connectivity index (χ1) is 8.41. The molecule has 0 aliphatic carbocycles. The molecule has 0 fully saturated rings. The van der Waals surface area contributed by atoms with Crippen LogP contribution < -0.4 is 0 Å². The fraction of sp³-hybridized carbons (Fsp3) is 0.167. The predicted molar refractivity (Wildman–Crippen MR) is 60.2 cm³/mol. The summed E-state index contributed by atoms with van der Waals surface area (Å²) < 4.78 is 51.5. The highest BCUT2D eigenvalue weighted by atomic mass is 19.4. The van der Waals surface area contributed by atoms with Crippen molar-refractivity contribution in [2.45, 2.75) is 6.18 Å². The van der Waals surface area contributed by atoms with E-state index in [1.807, 2.05) is 0 Å². The first-order valence-corrected chi connectivity index (χ1v) is 4.89. The normalized spacial score (nSPS) is 12.3. The van der Waals surface area contributed by atoms with Crippen molar-refractivity contribution in [1.29, 1.82) is 0 Å². The summed E-state index contributed by atoms with van der Waals surface area (Å²) in [5, 5.41) is 2.51. The number of alkyl halides is 3. The summed E-state index contributed by atoms with van der Waals surface area (Å²) in [6.45, 7) is 3.03. The maximum atomic E-state index is 13.3. The van der Waals surface area contributed by atoms with Crippen molar-refractivity contribution >= 4 is 5.57 Å². The van der Waals surface area contributed by atoms with Crippen molar-refractivity contribution in [2.24, 2.45) is 5.18 Å². The molecular weight excluding hydrogens is 250 g/mol. The molecule has 0 aliphatic rings. The summed E-state index contributed by atoms with van der Waals surface area (Å²) in [4.78, 5) is 9.98. The van der Waals surface area contributed by atoms with Crippen molar-refractivity contribution in [1.82, 2.24) is 0 Å². The SMILES string of the molecule is C=C/C(=C\CN=O)c1cccc(F)c1C(F)(F)F. The van der Waals surface area contributed by atoms with Crippen molar-refractivity contribution in [3.05, 3.63) is 58.8 Å². The van der Waals surface area contributed by atoms with E-state index in [2.05, 4.69) is 11.8 Å². The number of allylic oxidation sites excluding steroid dienone is 2. The lowest BCUT2D eigenvalue weighted by atomic mass is 9.98. The summed E-state index contributed by atoms with van der Waals surface area (Å²) in [5.41, 5.74) is -1.72. The molecule has 6 heteroatoms. The van der Waals surface area contributed by atoms with Crippen molar-refractivity contribution < 1.29 is 17.6 Å². The van der Waals surface area contributed by atoms with Crippen LogP contribution in [0.1, 0.15) is 11.1 Å². The number of nitroso groups, excluding NO2 is 1. The van der Waals surface area contributed by atoms with E-state index in [9.17, 15) is 22.5 Å². The van der Waals surface area contributed by atoms with Gasteiger partial charge in [-0.3, -0.25) is 0 Å². The minimum Gasteiger partial charge on any atom is -0.206 e. The fourth-order valence-corrected chi connectivity index (χ4v) is 1.49. The molecule has 0 aliphatic heterocycles. The van der Waals surface area contributed by atoms with Crippen LogP contribution in [0.3, 0.4) is 0 Å². The fourth-order valence-electron chi connectivity index (χ4n) is 1.49. The molecule has 1 aromatic carbocycles. The van der Waals surface area contributed by atoms with Gasteiger partial charge in [-0.25, -0.2) is 4.39 Å². The van der Waals surface area contributed by atoms with Gasteiger partial charge in [-0.15, -0.1) is 0 Å². The van der Waals surface area contributed by atoms with Crippen LogP contribution in [0.4, 0.5) is 17.6 Å². The average Bonchev–Trinajstić information content (AvgIpc) is 2.28. The van der Waals surface area contributed by atoms with E-state index in [1.54, 1.807) is 0 Å². The summed E-state index contributed by atoms with van der Waals surface area (Å²) in [6, 6.07) is 3.00. The highest BCUT2D eigenvalue weighted by Gasteiger charge is 2.37. The molecule has 0 saturated carbocycles. The quantitative estimate of drug-likeness (QED) is 0.453. The molecular formula is C12H9F4NO. The third-order valence-electron chi connectivity index (χ3n) is 2.21. The molecule has 0 heterocycles. The van der Waals surface area contributed by atoms with E-state index >= 15 is 0 Å². The molecule has 0 aromatic heterocycles. The van der Waals surface area contributed by atoms with E-state index in [0.717, 1.165) is 30.4 Å². The van der Waals surface area contributed by atoms with Gasteiger partial charge in [0, 0.05) is 0 Å². The van der Waals surface area contributed by atoms with Crippen LogP contribution in [-0.2, 0) is 6.18 Å². The number of benzene rings is 1. The third-order valence-corrected chi connectivity index (χ3v) is 2.21. The summed E-state index contributed by atoms with van der Waals surface area (Å²) in [7, 11) is 0. The molecule has 1 rings (SSSR count). The van der Waals surface area contributed by atoms with Gasteiger partial charge in [0.1, 0.15) is 12.4 Å². The summed E-state index contributed by atoms with van der Waals surface area (Å²) in [6.07, 6.45) is -2.55. The highest BCUT2D eigenvalue weighted by Crippen LogP contribution is 2.37. The molecule has 0 amide bonds. The van der Waals surface area contributed by atoms with Crippen LogP contribution in [0, 0.1) is 10.7 Å². The first kappa shape index (κ1) is 14.1. The topological polar surface area (TPSA) is 29.4 Å². The highest BCUT2D eigenvalue weighted by molar-refractivity contribution is 5.76. The number of halogens is 4. The standard InChI is InChI=1S/C12H9F4NO/c1-2-8(6-7-17-18)9-4-3-5-10(13)11(9)12(14,15)16/h2-6H,1,7H2/b8-6+. The Hall–Kier alpha value is -1.98. The largest absolute Gasteiger partial charge is 0.419 e. The lowest BCUT2D eigenvalue weighted by Gasteiger charge is -2.14. The van der Waals surface area contributed by atoms with Crippen LogP contribution in [0.5, 0.6) is 0 Å². The molecule has 1 aromatic rings. The zero-order chi connectivity index (χ0) is 13.8. The Bertz CT molecular complexity index is 491. The van der Waals surface area contributed by atoms with E-state index in [1.165, 1.54) is 0 Å². The van der Waals surface area contributed by atoms with Crippen LogP contribution in [0.25, 0.3) is 5.57 Å². The van der Waals surface area contributed by atoms with Crippen LogP contribution in [-0.4, -0.2) is 6.54 Å². The van der Waals surface area contributed by atoms with Gasteiger partial charge in [0.15, 0.2) is 0 Å². The molecule has 0 unspecified atom stereocenters. The van der Waals surface area contributed by atoms with Gasteiger partial charge in [0.2, 0.25) is 0 Å². The molecule has 0 radical (unpaired) electrons. The molecule has 2 nitrogen and oxygen atoms in total. The van der Waals surface area contributed by atoms with Gasteiger partial charge in [-0.1, -0.05) is 36.0 Å². The van der Waals surface area contributed by atoms with Gasteiger partial charge in [0.25, 0.3) is 0 Å². The maximum absolute atomic E-state index is 13.3. The molecule has 0 bridgehead atoms. The Morgan fingerprint density at radius 3 is 2.56 bits per heavy atom. The van der Waals surface area contributed by atoms with Crippen LogP contribution in [0.15, 0.2) is 42.1 Å². The summed E-state index contributed by atoms with van der Waals surface area (Å²) >= 11 is 0. The molecule has 0 saturated heterocycles. The Labute approximate surface area is 101 Å². The van der Waals surface area contributed by atoms with Crippen molar-refractivity contribution in [3.8, 4) is 0 Å². The van der Waals surface area contributed by atoms with Gasteiger partial charge in [0.05, 0.1) is 5.56 Å². The Kier molecular flexibility index (Phi) is 4.36. The van der Waals surface area contributed by atoms with Crippen molar-refractivity contribution in [2.75, 3.05) is 6.54 Å². The number of hydrogen-bond donors (Lipinski definition) is 0.